The maximum Gasteiger partial charge on any atom is 0.338 e. The Balaban J connectivity index is 1.74. The third kappa shape index (κ3) is 5.92. The molecule has 1 aliphatic heterocycles. The van der Waals surface area contributed by atoms with E-state index in [1.807, 2.05) is 91.0 Å². The van der Waals surface area contributed by atoms with Gasteiger partial charge < -0.3 is 18.9 Å². The molecule has 3 aromatic rings. The molecule has 0 aliphatic carbocycles. The Hall–Kier alpha value is -3.90. The van der Waals surface area contributed by atoms with Crippen LogP contribution in [0.4, 0.5) is 0 Å². The Bertz CT molecular complexity index is 1160. The van der Waals surface area contributed by atoms with Crippen LogP contribution in [0.3, 0.4) is 0 Å². The molecule has 6 heteroatoms. The molecule has 192 valence electrons. The van der Waals surface area contributed by atoms with Crippen molar-refractivity contribution in [3.63, 3.8) is 0 Å². The smallest absolute Gasteiger partial charge is 0.338 e. The molecule has 0 saturated carbocycles. The summed E-state index contributed by atoms with van der Waals surface area (Å²) in [5.74, 6) is -1.05. The SMILES string of the molecule is CCOC(=O)C1=C(CCOCc2ccccc2)OC(c2ccccc2)(c2ccccc2)C1COC(C)=O. The molecule has 3 aromatic carbocycles. The lowest BCUT2D eigenvalue weighted by atomic mass is 9.74. The van der Waals surface area contributed by atoms with E-state index in [2.05, 4.69) is 0 Å². The average Bonchev–Trinajstić information content (AvgIpc) is 3.27. The van der Waals surface area contributed by atoms with Crippen molar-refractivity contribution in [1.29, 1.82) is 0 Å². The van der Waals surface area contributed by atoms with Gasteiger partial charge in [0.2, 0.25) is 0 Å². The van der Waals surface area contributed by atoms with Crippen LogP contribution in [-0.2, 0) is 40.7 Å². The highest BCUT2D eigenvalue weighted by atomic mass is 16.6. The highest BCUT2D eigenvalue weighted by molar-refractivity contribution is 5.91. The van der Waals surface area contributed by atoms with Crippen LogP contribution in [0.2, 0.25) is 0 Å². The van der Waals surface area contributed by atoms with Crippen molar-refractivity contribution >= 4 is 11.9 Å². The molecule has 6 nitrogen and oxygen atoms in total. The summed E-state index contributed by atoms with van der Waals surface area (Å²) in [4.78, 5) is 25.3. The third-order valence-corrected chi connectivity index (χ3v) is 6.36. The minimum absolute atomic E-state index is 0.0400. The molecule has 1 atom stereocenters. The topological polar surface area (TPSA) is 71.1 Å². The van der Waals surface area contributed by atoms with Gasteiger partial charge in [0.15, 0.2) is 5.60 Å². The van der Waals surface area contributed by atoms with Crippen LogP contribution in [0.5, 0.6) is 0 Å². The van der Waals surface area contributed by atoms with Crippen molar-refractivity contribution in [1.82, 2.24) is 0 Å². The highest BCUT2D eigenvalue weighted by Gasteiger charge is 2.55. The molecule has 0 fully saturated rings. The molecule has 0 spiro atoms. The molecule has 37 heavy (non-hydrogen) atoms. The van der Waals surface area contributed by atoms with Gasteiger partial charge in [-0.3, -0.25) is 4.79 Å². The lowest BCUT2D eigenvalue weighted by Gasteiger charge is -2.36. The fraction of sp³-hybridized carbons (Fsp3) is 0.290. The molecule has 1 heterocycles. The molecule has 0 amide bonds. The number of carbonyl (C=O) groups excluding carboxylic acids is 2. The maximum absolute atomic E-state index is 13.4. The normalized spacial score (nSPS) is 16.2. The summed E-state index contributed by atoms with van der Waals surface area (Å²) in [5.41, 5.74) is 2.04. The summed E-state index contributed by atoms with van der Waals surface area (Å²) in [6, 6.07) is 29.3. The number of rotatable bonds is 11. The first-order valence-electron chi connectivity index (χ1n) is 12.5. The van der Waals surface area contributed by atoms with Crippen molar-refractivity contribution in [2.24, 2.45) is 5.92 Å². The van der Waals surface area contributed by atoms with Gasteiger partial charge in [-0.25, -0.2) is 4.79 Å². The van der Waals surface area contributed by atoms with Crippen molar-refractivity contribution in [2.75, 3.05) is 19.8 Å². The second kappa shape index (κ2) is 12.4. The Labute approximate surface area is 217 Å². The largest absolute Gasteiger partial charge is 0.481 e. The van der Waals surface area contributed by atoms with Crippen molar-refractivity contribution in [2.45, 2.75) is 32.5 Å². The van der Waals surface area contributed by atoms with Crippen LogP contribution in [0, 0.1) is 5.92 Å². The minimum Gasteiger partial charge on any atom is -0.481 e. The minimum atomic E-state index is -1.09. The van der Waals surface area contributed by atoms with E-state index in [9.17, 15) is 9.59 Å². The average molecular weight is 501 g/mol. The Morgan fingerprint density at radius 1 is 0.838 bits per heavy atom. The second-order valence-electron chi connectivity index (χ2n) is 8.77. The molecule has 0 saturated heterocycles. The zero-order valence-electron chi connectivity index (χ0n) is 21.2. The van der Waals surface area contributed by atoms with Crippen molar-refractivity contribution in [3.05, 3.63) is 119 Å². The fourth-order valence-electron chi connectivity index (χ4n) is 4.76. The fourth-order valence-corrected chi connectivity index (χ4v) is 4.76. The molecule has 4 rings (SSSR count). The van der Waals surface area contributed by atoms with E-state index >= 15 is 0 Å². The predicted octanol–water partition coefficient (Wildman–Crippen LogP) is 5.56. The van der Waals surface area contributed by atoms with Gasteiger partial charge in [-0.05, 0) is 12.5 Å². The van der Waals surface area contributed by atoms with E-state index < -0.39 is 23.5 Å². The molecule has 0 bridgehead atoms. The van der Waals surface area contributed by atoms with Crippen LogP contribution < -0.4 is 0 Å². The summed E-state index contributed by atoms with van der Waals surface area (Å²) in [6.45, 7) is 4.08. The summed E-state index contributed by atoms with van der Waals surface area (Å²) < 4.78 is 23.7. The zero-order valence-corrected chi connectivity index (χ0v) is 21.2. The summed E-state index contributed by atoms with van der Waals surface area (Å²) in [5, 5.41) is 0. The molecular weight excluding hydrogens is 468 g/mol. The van der Waals surface area contributed by atoms with E-state index in [0.29, 0.717) is 31.0 Å². The number of hydrogen-bond acceptors (Lipinski definition) is 6. The quantitative estimate of drug-likeness (QED) is 0.253. The van der Waals surface area contributed by atoms with Crippen LogP contribution in [-0.4, -0.2) is 31.8 Å². The lowest BCUT2D eigenvalue weighted by molar-refractivity contribution is -0.146. The van der Waals surface area contributed by atoms with Gasteiger partial charge in [-0.15, -0.1) is 0 Å². The Morgan fingerprint density at radius 2 is 1.41 bits per heavy atom. The van der Waals surface area contributed by atoms with E-state index in [0.717, 1.165) is 16.7 Å². The number of ether oxygens (including phenoxy) is 4. The first-order valence-corrected chi connectivity index (χ1v) is 12.5. The molecule has 0 N–H and O–H groups in total. The van der Waals surface area contributed by atoms with Crippen LogP contribution in [0.15, 0.2) is 102 Å². The maximum atomic E-state index is 13.4. The van der Waals surface area contributed by atoms with E-state index in [1.54, 1.807) is 6.92 Å². The zero-order chi connectivity index (χ0) is 26.1. The molecule has 0 radical (unpaired) electrons. The summed E-state index contributed by atoms with van der Waals surface area (Å²) >= 11 is 0. The van der Waals surface area contributed by atoms with Crippen LogP contribution in [0.1, 0.15) is 37.0 Å². The van der Waals surface area contributed by atoms with E-state index in [-0.39, 0.29) is 13.2 Å². The van der Waals surface area contributed by atoms with Crippen LogP contribution >= 0.6 is 0 Å². The van der Waals surface area contributed by atoms with E-state index in [4.69, 9.17) is 18.9 Å². The van der Waals surface area contributed by atoms with Gasteiger partial charge in [-0.1, -0.05) is 91.0 Å². The van der Waals surface area contributed by atoms with Gasteiger partial charge in [0.05, 0.1) is 31.3 Å². The van der Waals surface area contributed by atoms with Crippen LogP contribution in [0.25, 0.3) is 0 Å². The highest BCUT2D eigenvalue weighted by Crippen LogP contribution is 2.52. The first-order chi connectivity index (χ1) is 18.1. The first kappa shape index (κ1) is 26.2. The standard InChI is InChI=1S/C31H32O6/c1-3-35-30(33)29-27(22-36-23(2)32)31(25-15-9-5-10-16-25,26-17-11-6-12-18-26)37-28(29)19-20-34-21-24-13-7-4-8-14-24/h4-18,27H,3,19-22H2,1-2H3. The van der Waals surface area contributed by atoms with Gasteiger partial charge >= 0.3 is 11.9 Å². The predicted molar refractivity (Wildman–Crippen MR) is 139 cm³/mol. The summed E-state index contributed by atoms with van der Waals surface area (Å²) in [7, 11) is 0. The monoisotopic (exact) mass is 500 g/mol. The number of benzene rings is 3. The number of hydrogen-bond donors (Lipinski definition) is 0. The Morgan fingerprint density at radius 3 is 1.95 bits per heavy atom. The number of esters is 2. The second-order valence-corrected chi connectivity index (χ2v) is 8.77. The molecular formula is C31H32O6. The molecule has 0 aromatic heterocycles. The van der Waals surface area contributed by atoms with Gasteiger partial charge in [0, 0.05) is 24.5 Å². The molecule has 1 unspecified atom stereocenters. The van der Waals surface area contributed by atoms with Crippen molar-refractivity contribution < 1.29 is 28.5 Å². The Kier molecular flexibility index (Phi) is 8.75. The van der Waals surface area contributed by atoms with Gasteiger partial charge in [0.1, 0.15) is 12.4 Å². The molecule has 1 aliphatic rings. The van der Waals surface area contributed by atoms with E-state index in [1.165, 1.54) is 6.92 Å². The summed E-state index contributed by atoms with van der Waals surface area (Å²) in [6.07, 6.45) is 0.360. The third-order valence-electron chi connectivity index (χ3n) is 6.36. The van der Waals surface area contributed by atoms with Gasteiger partial charge in [0.25, 0.3) is 0 Å². The van der Waals surface area contributed by atoms with Crippen molar-refractivity contribution in [3.8, 4) is 0 Å². The lowest BCUT2D eigenvalue weighted by Crippen LogP contribution is -2.39. The van der Waals surface area contributed by atoms with Gasteiger partial charge in [-0.2, -0.15) is 0 Å². The number of carbonyl (C=O) groups is 2.